The van der Waals surface area contributed by atoms with E-state index < -0.39 is 0 Å². The zero-order valence-corrected chi connectivity index (χ0v) is 11.3. The van der Waals surface area contributed by atoms with Gasteiger partial charge in [-0.15, -0.1) is 0 Å². The van der Waals surface area contributed by atoms with Crippen molar-refractivity contribution < 1.29 is 9.47 Å². The minimum atomic E-state index is -0.105. The van der Waals surface area contributed by atoms with Gasteiger partial charge in [0.15, 0.2) is 6.29 Å². The summed E-state index contributed by atoms with van der Waals surface area (Å²) in [7, 11) is 0. The van der Waals surface area contributed by atoms with Crippen molar-refractivity contribution >= 4 is 0 Å². The molecule has 4 nitrogen and oxygen atoms in total. The van der Waals surface area contributed by atoms with Crippen molar-refractivity contribution in [1.29, 1.82) is 0 Å². The third-order valence-electron chi connectivity index (χ3n) is 2.52. The third-order valence-corrected chi connectivity index (χ3v) is 2.52. The second-order valence-electron chi connectivity index (χ2n) is 3.57. The van der Waals surface area contributed by atoms with E-state index in [0.29, 0.717) is 13.2 Å². The van der Waals surface area contributed by atoms with E-state index in [1.807, 2.05) is 13.8 Å². The van der Waals surface area contributed by atoms with E-state index in [1.165, 1.54) is 0 Å². The Morgan fingerprint density at radius 1 is 1.00 bits per heavy atom. The van der Waals surface area contributed by atoms with Crippen LogP contribution in [0.15, 0.2) is 0 Å². The Morgan fingerprint density at radius 2 is 1.56 bits per heavy atom. The molecule has 0 heterocycles. The van der Waals surface area contributed by atoms with Crippen molar-refractivity contribution in [2.45, 2.75) is 34.0 Å². The van der Waals surface area contributed by atoms with Gasteiger partial charge in [0, 0.05) is 32.8 Å². The van der Waals surface area contributed by atoms with Crippen LogP contribution in [0.1, 0.15) is 27.7 Å². The molecule has 0 aromatic rings. The molecule has 0 aromatic heterocycles. The van der Waals surface area contributed by atoms with E-state index >= 15 is 0 Å². The molecule has 0 fully saturated rings. The fourth-order valence-corrected chi connectivity index (χ4v) is 1.53. The summed E-state index contributed by atoms with van der Waals surface area (Å²) in [5.41, 5.74) is 0. The van der Waals surface area contributed by atoms with Crippen molar-refractivity contribution in [3.05, 3.63) is 0 Å². The van der Waals surface area contributed by atoms with Crippen molar-refractivity contribution in [2.24, 2.45) is 0 Å². The first kappa shape index (κ1) is 15.8. The summed E-state index contributed by atoms with van der Waals surface area (Å²) in [4.78, 5) is 2.39. The maximum absolute atomic E-state index is 5.44. The minimum Gasteiger partial charge on any atom is -0.352 e. The summed E-state index contributed by atoms with van der Waals surface area (Å²) in [5.74, 6) is 0. The number of likely N-dealkylation sites (N-methyl/N-ethyl adjacent to an activating group) is 1. The molecule has 1 N–H and O–H groups in total. The molecular formula is C12H28N2O2. The van der Waals surface area contributed by atoms with E-state index in [-0.39, 0.29) is 6.29 Å². The Hall–Kier alpha value is -0.160. The van der Waals surface area contributed by atoms with E-state index in [4.69, 9.17) is 9.47 Å². The van der Waals surface area contributed by atoms with Crippen LogP contribution in [0.4, 0.5) is 0 Å². The molecule has 0 unspecified atom stereocenters. The van der Waals surface area contributed by atoms with Gasteiger partial charge >= 0.3 is 0 Å². The highest BCUT2D eigenvalue weighted by molar-refractivity contribution is 4.57. The monoisotopic (exact) mass is 232 g/mol. The Morgan fingerprint density at radius 3 is 2.00 bits per heavy atom. The third kappa shape index (κ3) is 8.05. The smallest absolute Gasteiger partial charge is 0.169 e. The van der Waals surface area contributed by atoms with Crippen LogP contribution in [0.3, 0.4) is 0 Å². The van der Waals surface area contributed by atoms with Crippen molar-refractivity contribution in [3.8, 4) is 0 Å². The lowest BCUT2D eigenvalue weighted by molar-refractivity contribution is -0.132. The number of hydrogen-bond donors (Lipinski definition) is 1. The van der Waals surface area contributed by atoms with Crippen LogP contribution in [-0.2, 0) is 9.47 Å². The molecule has 0 saturated heterocycles. The highest BCUT2D eigenvalue weighted by Crippen LogP contribution is 1.93. The van der Waals surface area contributed by atoms with Crippen LogP contribution < -0.4 is 5.32 Å². The molecule has 0 aliphatic rings. The largest absolute Gasteiger partial charge is 0.352 e. The van der Waals surface area contributed by atoms with Gasteiger partial charge in [-0.2, -0.15) is 0 Å². The number of hydrogen-bond acceptors (Lipinski definition) is 4. The summed E-state index contributed by atoms with van der Waals surface area (Å²) in [5, 5.41) is 3.36. The fraction of sp³-hybridized carbons (Fsp3) is 1.00. The van der Waals surface area contributed by atoms with E-state index in [2.05, 4.69) is 24.1 Å². The lowest BCUT2D eigenvalue weighted by Crippen LogP contribution is -2.37. The van der Waals surface area contributed by atoms with Gasteiger partial charge in [0.25, 0.3) is 0 Å². The number of ether oxygens (including phenoxy) is 2. The number of nitrogens with one attached hydrogen (secondary N) is 1. The SMILES string of the molecule is CCOC(CNCCN(CC)CC)OCC. The van der Waals surface area contributed by atoms with Gasteiger partial charge in [0.2, 0.25) is 0 Å². The molecule has 16 heavy (non-hydrogen) atoms. The average molecular weight is 232 g/mol. The van der Waals surface area contributed by atoms with Gasteiger partial charge < -0.3 is 19.7 Å². The van der Waals surface area contributed by atoms with E-state index in [9.17, 15) is 0 Å². The van der Waals surface area contributed by atoms with E-state index in [1.54, 1.807) is 0 Å². The van der Waals surface area contributed by atoms with Gasteiger partial charge in [-0.05, 0) is 26.9 Å². The van der Waals surface area contributed by atoms with Gasteiger partial charge in [0.05, 0.1) is 0 Å². The number of rotatable bonds is 11. The fourth-order valence-electron chi connectivity index (χ4n) is 1.53. The van der Waals surface area contributed by atoms with Crippen LogP contribution in [0.5, 0.6) is 0 Å². The van der Waals surface area contributed by atoms with Gasteiger partial charge in [-0.3, -0.25) is 0 Å². The number of nitrogens with zero attached hydrogens (tertiary/aromatic N) is 1. The molecule has 0 aliphatic carbocycles. The van der Waals surface area contributed by atoms with Crippen LogP contribution in [-0.4, -0.2) is 57.1 Å². The molecule has 0 bridgehead atoms. The summed E-state index contributed by atoms with van der Waals surface area (Å²) in [6, 6.07) is 0. The second-order valence-corrected chi connectivity index (χ2v) is 3.57. The molecule has 0 aliphatic heterocycles. The molecule has 0 rings (SSSR count). The Balaban J connectivity index is 3.52. The first-order valence-electron chi connectivity index (χ1n) is 6.44. The van der Waals surface area contributed by atoms with Gasteiger partial charge in [-0.1, -0.05) is 13.8 Å². The van der Waals surface area contributed by atoms with Crippen molar-refractivity contribution in [2.75, 3.05) is 45.9 Å². The van der Waals surface area contributed by atoms with Crippen LogP contribution >= 0.6 is 0 Å². The predicted octanol–water partition coefficient (Wildman–Crippen LogP) is 1.32. The lowest BCUT2D eigenvalue weighted by atomic mass is 10.4. The molecule has 0 aromatic carbocycles. The normalized spacial score (nSPS) is 11.6. The molecule has 0 spiro atoms. The van der Waals surface area contributed by atoms with Crippen molar-refractivity contribution in [1.82, 2.24) is 10.2 Å². The van der Waals surface area contributed by atoms with E-state index in [0.717, 1.165) is 32.7 Å². The molecular weight excluding hydrogens is 204 g/mol. The highest BCUT2D eigenvalue weighted by Gasteiger charge is 2.06. The Bertz CT molecular complexity index is 135. The summed E-state index contributed by atoms with van der Waals surface area (Å²) < 4.78 is 10.9. The minimum absolute atomic E-state index is 0.105. The summed E-state index contributed by atoms with van der Waals surface area (Å²) >= 11 is 0. The molecule has 0 atom stereocenters. The maximum atomic E-state index is 5.44. The first-order valence-corrected chi connectivity index (χ1v) is 6.44. The standard InChI is InChI=1S/C12H28N2O2/c1-5-14(6-2)10-9-13-11-12(15-7-3)16-8-4/h12-13H,5-11H2,1-4H3. The lowest BCUT2D eigenvalue weighted by Gasteiger charge is -2.20. The van der Waals surface area contributed by atoms with Crippen LogP contribution in [0.25, 0.3) is 0 Å². The molecule has 0 saturated carbocycles. The molecule has 4 heteroatoms. The highest BCUT2D eigenvalue weighted by atomic mass is 16.7. The van der Waals surface area contributed by atoms with Crippen LogP contribution in [0, 0.1) is 0 Å². The second kappa shape index (κ2) is 11.3. The quantitative estimate of drug-likeness (QED) is 0.430. The zero-order chi connectivity index (χ0) is 12.2. The molecule has 0 radical (unpaired) electrons. The average Bonchev–Trinajstić information content (AvgIpc) is 2.30. The Labute approximate surface area is 100 Å². The zero-order valence-electron chi connectivity index (χ0n) is 11.3. The van der Waals surface area contributed by atoms with Crippen LogP contribution in [0.2, 0.25) is 0 Å². The maximum Gasteiger partial charge on any atom is 0.169 e. The first-order chi connectivity index (χ1) is 7.78. The van der Waals surface area contributed by atoms with Crippen molar-refractivity contribution in [3.63, 3.8) is 0 Å². The summed E-state index contributed by atoms with van der Waals surface area (Å²) in [6.45, 7) is 14.8. The summed E-state index contributed by atoms with van der Waals surface area (Å²) in [6.07, 6.45) is -0.105. The van der Waals surface area contributed by atoms with Gasteiger partial charge in [0.1, 0.15) is 0 Å². The topological polar surface area (TPSA) is 33.7 Å². The predicted molar refractivity (Wildman–Crippen MR) is 67.7 cm³/mol. The molecule has 0 amide bonds. The Kier molecular flexibility index (Phi) is 11.2. The van der Waals surface area contributed by atoms with Gasteiger partial charge in [-0.25, -0.2) is 0 Å². The molecule has 98 valence electrons.